The number of hydrogen-bond donors (Lipinski definition) is 1. The van der Waals surface area contributed by atoms with Crippen LogP contribution in [0.5, 0.6) is 0 Å². The molecule has 1 N–H and O–H groups in total. The first-order valence-corrected chi connectivity index (χ1v) is 14.0. The summed E-state index contributed by atoms with van der Waals surface area (Å²) < 4.78 is 24.0. The Morgan fingerprint density at radius 2 is 1.69 bits per heavy atom. The van der Waals surface area contributed by atoms with Crippen LogP contribution in [0.3, 0.4) is 0 Å². The van der Waals surface area contributed by atoms with Crippen molar-refractivity contribution in [2.45, 2.75) is 55.6 Å². The van der Waals surface area contributed by atoms with Crippen molar-refractivity contribution >= 4 is 33.2 Å². The summed E-state index contributed by atoms with van der Waals surface area (Å²) in [4.78, 5) is 15.6. The lowest BCUT2D eigenvalue weighted by Gasteiger charge is -2.35. The highest BCUT2D eigenvalue weighted by atomic mass is 32.2. The average Bonchev–Trinajstić information content (AvgIpc) is 2.80. The minimum absolute atomic E-state index is 0.0682. The number of nitrogens with one attached hydrogen (secondary N) is 1. The molecule has 1 aliphatic heterocycles. The number of rotatable bonds is 9. The lowest BCUT2D eigenvalue weighted by molar-refractivity contribution is -0.122. The topological polar surface area (TPSA) is 66.5 Å². The Balaban J connectivity index is 1.51. The molecule has 0 aromatic heterocycles. The van der Waals surface area contributed by atoms with Crippen molar-refractivity contribution in [2.24, 2.45) is 5.92 Å². The molecule has 2 aromatic carbocycles. The van der Waals surface area contributed by atoms with Gasteiger partial charge in [-0.2, -0.15) is 0 Å². The van der Waals surface area contributed by atoms with Crippen LogP contribution in [-0.4, -0.2) is 44.5 Å². The maximum Gasteiger partial charge on any atom is 0.233 e. The standard InChI is InChI=1S/C25H34N2O3S2/c1-4-32(29,30)23-12-10-22(11-13-23)27-16-14-21(15-17-27)26-25(28)24(19(2)3)31-18-20-8-6-5-7-9-20/h5-13,19,21,24H,4,14-18H2,1-3H3,(H,26,28). The zero-order chi connectivity index (χ0) is 23.1. The van der Waals surface area contributed by atoms with Crippen LogP contribution in [0, 0.1) is 5.92 Å². The lowest BCUT2D eigenvalue weighted by atomic mass is 10.0. The number of benzene rings is 2. The smallest absolute Gasteiger partial charge is 0.233 e. The van der Waals surface area contributed by atoms with Gasteiger partial charge in [-0.15, -0.1) is 11.8 Å². The number of thioether (sulfide) groups is 1. The van der Waals surface area contributed by atoms with Crippen molar-refractivity contribution < 1.29 is 13.2 Å². The van der Waals surface area contributed by atoms with E-state index in [4.69, 9.17) is 0 Å². The van der Waals surface area contributed by atoms with Gasteiger partial charge in [-0.3, -0.25) is 4.79 Å². The van der Waals surface area contributed by atoms with Gasteiger partial charge < -0.3 is 10.2 Å². The summed E-state index contributed by atoms with van der Waals surface area (Å²) >= 11 is 1.71. The van der Waals surface area contributed by atoms with E-state index >= 15 is 0 Å². The fraction of sp³-hybridized carbons (Fsp3) is 0.480. The maximum absolute atomic E-state index is 13.0. The molecule has 3 rings (SSSR count). The van der Waals surface area contributed by atoms with Gasteiger partial charge >= 0.3 is 0 Å². The molecule has 1 atom stereocenters. The molecule has 0 radical (unpaired) electrons. The number of carbonyl (C=O) groups is 1. The number of carbonyl (C=O) groups excluding carboxylic acids is 1. The van der Waals surface area contributed by atoms with E-state index in [9.17, 15) is 13.2 Å². The number of sulfone groups is 1. The Morgan fingerprint density at radius 3 is 2.25 bits per heavy atom. The molecule has 1 aliphatic rings. The molecule has 5 nitrogen and oxygen atoms in total. The highest BCUT2D eigenvalue weighted by molar-refractivity contribution is 7.99. The Hall–Kier alpha value is -1.99. The monoisotopic (exact) mass is 474 g/mol. The van der Waals surface area contributed by atoms with Gasteiger partial charge in [0.25, 0.3) is 0 Å². The Morgan fingerprint density at radius 1 is 1.06 bits per heavy atom. The molecule has 7 heteroatoms. The number of nitrogens with zero attached hydrogens (tertiary/aromatic N) is 1. The van der Waals surface area contributed by atoms with Gasteiger partial charge in [-0.1, -0.05) is 51.1 Å². The van der Waals surface area contributed by atoms with E-state index in [2.05, 4.69) is 36.2 Å². The third-order valence-electron chi connectivity index (χ3n) is 5.92. The number of piperidine rings is 1. The molecule has 1 heterocycles. The van der Waals surface area contributed by atoms with E-state index in [1.54, 1.807) is 30.8 Å². The van der Waals surface area contributed by atoms with Crippen molar-refractivity contribution in [1.82, 2.24) is 5.32 Å². The average molecular weight is 475 g/mol. The number of hydrogen-bond acceptors (Lipinski definition) is 5. The van der Waals surface area contributed by atoms with Crippen LogP contribution in [0.25, 0.3) is 0 Å². The molecule has 2 aromatic rings. The minimum atomic E-state index is -3.17. The van der Waals surface area contributed by atoms with Crippen LogP contribution in [0.2, 0.25) is 0 Å². The van der Waals surface area contributed by atoms with Gasteiger partial charge in [0.15, 0.2) is 9.84 Å². The summed E-state index contributed by atoms with van der Waals surface area (Å²) in [5.41, 5.74) is 2.27. The maximum atomic E-state index is 13.0. The molecule has 1 amide bonds. The highest BCUT2D eigenvalue weighted by Crippen LogP contribution is 2.26. The molecule has 174 valence electrons. The summed E-state index contributed by atoms with van der Waals surface area (Å²) in [6.07, 6.45) is 1.77. The van der Waals surface area contributed by atoms with Crippen LogP contribution >= 0.6 is 11.8 Å². The van der Waals surface area contributed by atoms with Gasteiger partial charge in [-0.05, 0) is 48.6 Å². The Bertz CT molecular complexity index is 968. The van der Waals surface area contributed by atoms with Gasteiger partial charge in [0, 0.05) is 30.6 Å². The van der Waals surface area contributed by atoms with Crippen LogP contribution in [-0.2, 0) is 20.4 Å². The van der Waals surface area contributed by atoms with Crippen molar-refractivity contribution in [1.29, 1.82) is 0 Å². The van der Waals surface area contributed by atoms with Crippen LogP contribution in [0.15, 0.2) is 59.5 Å². The molecule has 0 saturated carbocycles. The summed E-state index contributed by atoms with van der Waals surface area (Å²) in [6.45, 7) is 7.55. The predicted octanol–water partition coefficient (Wildman–Crippen LogP) is 4.52. The van der Waals surface area contributed by atoms with Gasteiger partial charge in [0.05, 0.1) is 15.9 Å². The third kappa shape index (κ3) is 6.51. The lowest BCUT2D eigenvalue weighted by Crippen LogP contribution is -2.48. The fourth-order valence-electron chi connectivity index (χ4n) is 3.93. The normalized spacial score (nSPS) is 16.2. The second-order valence-corrected chi connectivity index (χ2v) is 12.0. The van der Waals surface area contributed by atoms with Crippen molar-refractivity contribution in [2.75, 3.05) is 23.7 Å². The Labute approximate surface area is 196 Å². The van der Waals surface area contributed by atoms with E-state index in [1.807, 2.05) is 30.3 Å². The first kappa shape index (κ1) is 24.6. The summed E-state index contributed by atoms with van der Waals surface area (Å²) in [5, 5.41) is 3.21. The van der Waals surface area contributed by atoms with E-state index < -0.39 is 9.84 Å². The van der Waals surface area contributed by atoms with Gasteiger partial charge in [-0.25, -0.2) is 8.42 Å². The second kappa shape index (κ2) is 11.2. The third-order valence-corrected chi connectivity index (χ3v) is 9.29. The summed E-state index contributed by atoms with van der Waals surface area (Å²) in [6, 6.07) is 17.6. The van der Waals surface area contributed by atoms with Crippen molar-refractivity contribution in [3.8, 4) is 0 Å². The first-order chi connectivity index (χ1) is 15.3. The van der Waals surface area contributed by atoms with Crippen LogP contribution in [0.1, 0.15) is 39.2 Å². The van der Waals surface area contributed by atoms with Gasteiger partial charge in [0.2, 0.25) is 5.91 Å². The molecule has 1 fully saturated rings. The Kier molecular flexibility index (Phi) is 8.65. The SMILES string of the molecule is CCS(=O)(=O)c1ccc(N2CCC(NC(=O)C(SCc3ccccc3)C(C)C)CC2)cc1. The summed E-state index contributed by atoms with van der Waals surface area (Å²) in [7, 11) is -3.17. The quantitative estimate of drug-likeness (QED) is 0.579. The largest absolute Gasteiger partial charge is 0.371 e. The predicted molar refractivity (Wildman–Crippen MR) is 134 cm³/mol. The molecule has 0 aliphatic carbocycles. The molecular weight excluding hydrogens is 440 g/mol. The summed E-state index contributed by atoms with van der Waals surface area (Å²) in [5.74, 6) is 1.34. The second-order valence-electron chi connectivity index (χ2n) is 8.63. The zero-order valence-corrected chi connectivity index (χ0v) is 20.8. The number of amides is 1. The van der Waals surface area contributed by atoms with E-state index in [1.165, 1.54) is 5.56 Å². The zero-order valence-electron chi connectivity index (χ0n) is 19.2. The fourth-order valence-corrected chi connectivity index (χ4v) is 5.98. The molecular formula is C25H34N2O3S2. The van der Waals surface area contributed by atoms with Crippen molar-refractivity contribution in [3.63, 3.8) is 0 Å². The van der Waals surface area contributed by atoms with Crippen LogP contribution in [0.4, 0.5) is 5.69 Å². The van der Waals surface area contributed by atoms with Crippen molar-refractivity contribution in [3.05, 3.63) is 60.2 Å². The van der Waals surface area contributed by atoms with E-state index in [0.717, 1.165) is 37.4 Å². The molecule has 32 heavy (non-hydrogen) atoms. The molecule has 0 bridgehead atoms. The van der Waals surface area contributed by atoms with E-state index in [-0.39, 0.29) is 28.9 Å². The van der Waals surface area contributed by atoms with E-state index in [0.29, 0.717) is 4.90 Å². The van der Waals surface area contributed by atoms with Gasteiger partial charge in [0.1, 0.15) is 0 Å². The molecule has 0 spiro atoms. The highest BCUT2D eigenvalue weighted by Gasteiger charge is 2.27. The number of anilines is 1. The first-order valence-electron chi connectivity index (χ1n) is 11.3. The minimum Gasteiger partial charge on any atom is -0.371 e. The molecule has 1 saturated heterocycles. The van der Waals surface area contributed by atoms with Crippen LogP contribution < -0.4 is 10.2 Å². The molecule has 1 unspecified atom stereocenters.